The van der Waals surface area contributed by atoms with Gasteiger partial charge in [-0.3, -0.25) is 15.4 Å². The minimum atomic E-state index is -0.439. The van der Waals surface area contributed by atoms with Crippen molar-refractivity contribution in [1.82, 2.24) is 16.0 Å². The minimum Gasteiger partial charge on any atom is -0.338 e. The summed E-state index contributed by atoms with van der Waals surface area (Å²) in [5.41, 5.74) is 1.30. The molecule has 20 heavy (non-hydrogen) atoms. The molecule has 2 atom stereocenters. The molecule has 0 saturated carbocycles. The molecule has 110 valence electrons. The number of urea groups is 1. The van der Waals surface area contributed by atoms with Crippen LogP contribution in [0.4, 0.5) is 4.79 Å². The zero-order chi connectivity index (χ0) is 14.5. The third-order valence-electron chi connectivity index (χ3n) is 3.47. The molecule has 2 unspecified atom stereocenters. The van der Waals surface area contributed by atoms with Crippen LogP contribution in [0.15, 0.2) is 11.4 Å². The summed E-state index contributed by atoms with van der Waals surface area (Å²) in [7, 11) is 0. The number of aryl methyl sites for hydroxylation is 1. The number of nitrogens with one attached hydrogen (secondary N) is 3. The summed E-state index contributed by atoms with van der Waals surface area (Å²) in [6.45, 7) is 4.10. The standard InChI is InChI=1S/C14H21N3O2S/c1-3-15-14(19)17-13(18)9(2)16-11-5-4-6-12-10(11)7-8-20-12/h7-9,11,16H,3-6H2,1-2H3,(H2,15,17,18,19). The summed E-state index contributed by atoms with van der Waals surface area (Å²) in [5, 5.41) is 10.3. The van der Waals surface area contributed by atoms with Crippen LogP contribution in [0.25, 0.3) is 0 Å². The number of carbonyl (C=O) groups excluding carboxylic acids is 2. The molecule has 3 N–H and O–H groups in total. The Balaban J connectivity index is 1.91. The fourth-order valence-corrected chi connectivity index (χ4v) is 3.45. The Morgan fingerprint density at radius 3 is 3.05 bits per heavy atom. The lowest BCUT2D eigenvalue weighted by atomic mass is 9.93. The van der Waals surface area contributed by atoms with Crippen molar-refractivity contribution in [2.75, 3.05) is 6.54 Å². The molecule has 1 heterocycles. The SMILES string of the molecule is CCNC(=O)NC(=O)C(C)NC1CCCc2sccc21. The lowest BCUT2D eigenvalue weighted by Crippen LogP contribution is -2.49. The lowest BCUT2D eigenvalue weighted by Gasteiger charge is -2.26. The van der Waals surface area contributed by atoms with Crippen LogP contribution in [-0.4, -0.2) is 24.5 Å². The Kier molecular flexibility index (Phi) is 5.14. The molecule has 2 rings (SSSR count). The van der Waals surface area contributed by atoms with Gasteiger partial charge in [0.05, 0.1) is 6.04 Å². The van der Waals surface area contributed by atoms with Gasteiger partial charge in [0.2, 0.25) is 5.91 Å². The Hall–Kier alpha value is -1.40. The van der Waals surface area contributed by atoms with Crippen molar-refractivity contribution in [2.45, 2.75) is 45.2 Å². The number of carbonyl (C=O) groups is 2. The quantitative estimate of drug-likeness (QED) is 0.795. The molecule has 1 aliphatic rings. The highest BCUT2D eigenvalue weighted by Crippen LogP contribution is 2.33. The fraction of sp³-hybridized carbons (Fsp3) is 0.571. The van der Waals surface area contributed by atoms with E-state index in [4.69, 9.17) is 0 Å². The van der Waals surface area contributed by atoms with Gasteiger partial charge in [-0.2, -0.15) is 0 Å². The first-order valence-electron chi connectivity index (χ1n) is 7.02. The Bertz CT molecular complexity index is 487. The first-order valence-corrected chi connectivity index (χ1v) is 7.90. The number of thiophene rings is 1. The highest BCUT2D eigenvalue weighted by Gasteiger charge is 2.25. The van der Waals surface area contributed by atoms with Gasteiger partial charge in [-0.1, -0.05) is 0 Å². The molecule has 1 aliphatic carbocycles. The van der Waals surface area contributed by atoms with E-state index in [0.717, 1.165) is 19.3 Å². The smallest absolute Gasteiger partial charge is 0.321 e. The van der Waals surface area contributed by atoms with E-state index in [1.807, 2.05) is 6.92 Å². The van der Waals surface area contributed by atoms with Gasteiger partial charge in [-0.15, -0.1) is 11.3 Å². The summed E-state index contributed by atoms with van der Waals surface area (Å²) in [6.07, 6.45) is 3.29. The van der Waals surface area contributed by atoms with Crippen LogP contribution in [0.2, 0.25) is 0 Å². The number of rotatable bonds is 4. The third-order valence-corrected chi connectivity index (χ3v) is 4.47. The second-order valence-corrected chi connectivity index (χ2v) is 5.98. The van der Waals surface area contributed by atoms with Crippen molar-refractivity contribution >= 4 is 23.3 Å². The van der Waals surface area contributed by atoms with Crippen LogP contribution >= 0.6 is 11.3 Å². The Morgan fingerprint density at radius 1 is 1.50 bits per heavy atom. The van der Waals surface area contributed by atoms with Crippen LogP contribution in [0.3, 0.4) is 0 Å². The third kappa shape index (κ3) is 3.58. The molecule has 1 aromatic heterocycles. The van der Waals surface area contributed by atoms with Crippen molar-refractivity contribution in [2.24, 2.45) is 0 Å². The van der Waals surface area contributed by atoms with E-state index in [2.05, 4.69) is 27.4 Å². The summed E-state index contributed by atoms with van der Waals surface area (Å²) in [5.74, 6) is -0.293. The molecule has 5 nitrogen and oxygen atoms in total. The zero-order valence-corrected chi connectivity index (χ0v) is 12.7. The van der Waals surface area contributed by atoms with Gasteiger partial charge in [-0.05, 0) is 50.1 Å². The summed E-state index contributed by atoms with van der Waals surface area (Å²) >= 11 is 1.78. The Morgan fingerprint density at radius 2 is 2.30 bits per heavy atom. The highest BCUT2D eigenvalue weighted by atomic mass is 32.1. The predicted molar refractivity (Wildman–Crippen MR) is 79.8 cm³/mol. The van der Waals surface area contributed by atoms with Crippen LogP contribution in [-0.2, 0) is 11.2 Å². The number of fused-ring (bicyclic) bond motifs is 1. The van der Waals surface area contributed by atoms with Crippen LogP contribution in [0, 0.1) is 0 Å². The predicted octanol–water partition coefficient (Wildman–Crippen LogP) is 1.95. The van der Waals surface area contributed by atoms with Crippen molar-refractivity contribution in [3.63, 3.8) is 0 Å². The van der Waals surface area contributed by atoms with Gasteiger partial charge in [0.15, 0.2) is 0 Å². The molecule has 0 saturated heterocycles. The number of imide groups is 1. The zero-order valence-electron chi connectivity index (χ0n) is 11.9. The molecule has 1 aromatic rings. The maximum atomic E-state index is 11.9. The largest absolute Gasteiger partial charge is 0.338 e. The molecule has 3 amide bonds. The average Bonchev–Trinajstić information content (AvgIpc) is 2.88. The second kappa shape index (κ2) is 6.85. The van der Waals surface area contributed by atoms with Crippen LogP contribution in [0.5, 0.6) is 0 Å². The van der Waals surface area contributed by atoms with Gasteiger partial charge in [0.1, 0.15) is 0 Å². The summed E-state index contributed by atoms with van der Waals surface area (Å²) in [6, 6.07) is 1.50. The van der Waals surface area contributed by atoms with E-state index in [-0.39, 0.29) is 11.9 Å². The molecule has 0 spiro atoms. The van der Waals surface area contributed by atoms with Gasteiger partial charge < -0.3 is 5.32 Å². The molecule has 0 aromatic carbocycles. The minimum absolute atomic E-state index is 0.208. The number of hydrogen-bond acceptors (Lipinski definition) is 4. The van der Waals surface area contributed by atoms with Crippen LogP contribution in [0.1, 0.15) is 43.2 Å². The summed E-state index contributed by atoms with van der Waals surface area (Å²) in [4.78, 5) is 24.7. The molecular formula is C14H21N3O2S. The molecule has 6 heteroatoms. The van der Waals surface area contributed by atoms with Gasteiger partial charge in [0, 0.05) is 17.5 Å². The second-order valence-electron chi connectivity index (χ2n) is 4.98. The van der Waals surface area contributed by atoms with E-state index >= 15 is 0 Å². The fourth-order valence-electron chi connectivity index (χ4n) is 2.46. The van der Waals surface area contributed by atoms with E-state index in [1.54, 1.807) is 18.3 Å². The van der Waals surface area contributed by atoms with Gasteiger partial charge in [-0.25, -0.2) is 4.79 Å². The molecule has 0 bridgehead atoms. The average molecular weight is 295 g/mol. The molecular weight excluding hydrogens is 274 g/mol. The Labute approximate surface area is 123 Å². The normalized spacial score (nSPS) is 19.0. The topological polar surface area (TPSA) is 70.2 Å². The molecule has 0 aliphatic heterocycles. The number of amides is 3. The van der Waals surface area contributed by atoms with E-state index < -0.39 is 12.1 Å². The van der Waals surface area contributed by atoms with Gasteiger partial charge in [0.25, 0.3) is 0 Å². The van der Waals surface area contributed by atoms with Crippen LogP contribution < -0.4 is 16.0 Å². The van der Waals surface area contributed by atoms with Crippen molar-refractivity contribution in [1.29, 1.82) is 0 Å². The maximum Gasteiger partial charge on any atom is 0.321 e. The van der Waals surface area contributed by atoms with E-state index in [0.29, 0.717) is 6.54 Å². The number of hydrogen-bond donors (Lipinski definition) is 3. The van der Waals surface area contributed by atoms with Crippen molar-refractivity contribution in [3.8, 4) is 0 Å². The van der Waals surface area contributed by atoms with Gasteiger partial charge >= 0.3 is 6.03 Å². The van der Waals surface area contributed by atoms with E-state index in [9.17, 15) is 9.59 Å². The lowest BCUT2D eigenvalue weighted by molar-refractivity contribution is -0.121. The molecule has 0 fully saturated rings. The maximum absolute atomic E-state index is 11.9. The van der Waals surface area contributed by atoms with Crippen molar-refractivity contribution < 1.29 is 9.59 Å². The highest BCUT2D eigenvalue weighted by molar-refractivity contribution is 7.10. The first-order chi connectivity index (χ1) is 9.61. The first kappa shape index (κ1) is 15.0. The van der Waals surface area contributed by atoms with Crippen molar-refractivity contribution in [3.05, 3.63) is 21.9 Å². The monoisotopic (exact) mass is 295 g/mol. The van der Waals surface area contributed by atoms with E-state index in [1.165, 1.54) is 10.4 Å². The molecule has 0 radical (unpaired) electrons. The summed E-state index contributed by atoms with van der Waals surface area (Å²) < 4.78 is 0.